The molecule has 0 N–H and O–H groups in total. The molecule has 0 spiro atoms. The van der Waals surface area contributed by atoms with Crippen molar-refractivity contribution in [3.05, 3.63) is 28.7 Å². The molecule has 22 heavy (non-hydrogen) atoms. The van der Waals surface area contributed by atoms with Crippen molar-refractivity contribution in [1.29, 1.82) is 0 Å². The van der Waals surface area contributed by atoms with Crippen LogP contribution in [0.1, 0.15) is 43.6 Å². The van der Waals surface area contributed by atoms with Crippen molar-refractivity contribution in [3.63, 3.8) is 0 Å². The van der Waals surface area contributed by atoms with Gasteiger partial charge in [-0.3, -0.25) is 4.79 Å². The van der Waals surface area contributed by atoms with Gasteiger partial charge < -0.3 is 9.47 Å². The fourth-order valence-corrected chi connectivity index (χ4v) is 4.54. The molecule has 5 nitrogen and oxygen atoms in total. The summed E-state index contributed by atoms with van der Waals surface area (Å²) in [6.07, 6.45) is 3.88. The number of thiophene rings is 1. The molecule has 2 aromatic rings. The minimum absolute atomic E-state index is 0.194. The van der Waals surface area contributed by atoms with Crippen molar-refractivity contribution in [2.24, 2.45) is 0 Å². The lowest BCUT2D eigenvalue weighted by Gasteiger charge is -2.23. The number of nitrogens with zero attached hydrogens (tertiary/aromatic N) is 4. The van der Waals surface area contributed by atoms with Crippen LogP contribution in [0.5, 0.6) is 0 Å². The number of likely N-dealkylation sites (tertiary alicyclic amines) is 1. The predicted molar refractivity (Wildman–Crippen MR) is 89.1 cm³/mol. The molecule has 1 atom stereocenters. The van der Waals surface area contributed by atoms with E-state index in [1.165, 1.54) is 16.6 Å². The summed E-state index contributed by atoms with van der Waals surface area (Å²) in [5.74, 6) is 0.618. The third-order valence-electron chi connectivity index (χ3n) is 3.87. The Morgan fingerprint density at radius 1 is 1.55 bits per heavy atom. The maximum atomic E-state index is 12.6. The van der Waals surface area contributed by atoms with Crippen molar-refractivity contribution in [1.82, 2.24) is 19.7 Å². The van der Waals surface area contributed by atoms with Gasteiger partial charge in [-0.1, -0.05) is 17.8 Å². The van der Waals surface area contributed by atoms with Crippen LogP contribution in [0.15, 0.2) is 29.0 Å². The average Bonchev–Trinajstić information content (AvgIpc) is 3.23. The Morgan fingerprint density at radius 2 is 2.41 bits per heavy atom. The molecule has 1 fully saturated rings. The highest BCUT2D eigenvalue weighted by atomic mass is 32.2. The van der Waals surface area contributed by atoms with Crippen molar-refractivity contribution >= 4 is 29.0 Å². The molecule has 2 aromatic heterocycles. The molecule has 0 saturated carbocycles. The van der Waals surface area contributed by atoms with Gasteiger partial charge in [-0.15, -0.1) is 21.5 Å². The summed E-state index contributed by atoms with van der Waals surface area (Å²) in [6.45, 7) is 5.03. The number of aromatic nitrogens is 3. The fourth-order valence-electron chi connectivity index (χ4n) is 2.74. The average molecular weight is 336 g/mol. The number of carbonyl (C=O) groups excluding carboxylic acids is 1. The summed E-state index contributed by atoms with van der Waals surface area (Å²) < 4.78 is 2.00. The van der Waals surface area contributed by atoms with E-state index in [9.17, 15) is 4.79 Å². The number of hydrogen-bond acceptors (Lipinski definition) is 5. The van der Waals surface area contributed by atoms with E-state index < -0.39 is 0 Å². The zero-order chi connectivity index (χ0) is 15.5. The molecule has 1 unspecified atom stereocenters. The third-order valence-corrected chi connectivity index (χ3v) is 5.78. The van der Waals surface area contributed by atoms with E-state index >= 15 is 0 Å². The summed E-state index contributed by atoms with van der Waals surface area (Å²) in [5.41, 5.74) is 0. The summed E-state index contributed by atoms with van der Waals surface area (Å²) >= 11 is 3.21. The van der Waals surface area contributed by atoms with Crippen LogP contribution in [0, 0.1) is 0 Å². The van der Waals surface area contributed by atoms with Crippen LogP contribution < -0.4 is 0 Å². The van der Waals surface area contributed by atoms with Crippen LogP contribution in [-0.2, 0) is 4.79 Å². The van der Waals surface area contributed by atoms with E-state index in [0.29, 0.717) is 11.8 Å². The molecule has 7 heteroatoms. The smallest absolute Gasteiger partial charge is 0.233 e. The number of amides is 1. The van der Waals surface area contributed by atoms with Gasteiger partial charge in [-0.05, 0) is 38.1 Å². The Balaban J connectivity index is 1.63. The molecule has 3 heterocycles. The van der Waals surface area contributed by atoms with Gasteiger partial charge in [-0.25, -0.2) is 0 Å². The first-order valence-electron chi connectivity index (χ1n) is 7.52. The van der Waals surface area contributed by atoms with Gasteiger partial charge in [0, 0.05) is 17.5 Å². The van der Waals surface area contributed by atoms with Crippen LogP contribution in [0.2, 0.25) is 0 Å². The number of carbonyl (C=O) groups is 1. The van der Waals surface area contributed by atoms with Crippen molar-refractivity contribution in [2.45, 2.75) is 43.9 Å². The molecule has 0 bridgehead atoms. The van der Waals surface area contributed by atoms with E-state index in [-0.39, 0.29) is 11.9 Å². The molecule has 0 aromatic carbocycles. The van der Waals surface area contributed by atoms with E-state index in [1.54, 1.807) is 17.7 Å². The minimum Gasteiger partial charge on any atom is -0.334 e. The largest absolute Gasteiger partial charge is 0.334 e. The summed E-state index contributed by atoms with van der Waals surface area (Å²) in [6, 6.07) is 4.75. The van der Waals surface area contributed by atoms with E-state index in [2.05, 4.69) is 41.6 Å². The molecule has 1 aliphatic rings. The second-order valence-corrected chi connectivity index (χ2v) is 7.59. The number of hydrogen-bond donors (Lipinski definition) is 0. The molecule has 1 aliphatic heterocycles. The van der Waals surface area contributed by atoms with Crippen LogP contribution in [0.25, 0.3) is 0 Å². The van der Waals surface area contributed by atoms with Gasteiger partial charge in [0.05, 0.1) is 11.8 Å². The molecular formula is C15H20N4OS2. The molecular weight excluding hydrogens is 316 g/mol. The first-order chi connectivity index (χ1) is 10.7. The lowest BCUT2D eigenvalue weighted by Crippen LogP contribution is -2.31. The lowest BCUT2D eigenvalue weighted by molar-refractivity contribution is -0.129. The summed E-state index contributed by atoms with van der Waals surface area (Å²) in [7, 11) is 0. The molecule has 118 valence electrons. The Labute approximate surface area is 138 Å². The number of rotatable bonds is 5. The standard InChI is InChI=1S/C15H20N4OS2/c1-11(2)19-10-16-17-15(19)22-9-14(20)18-7-3-5-12(18)13-6-4-8-21-13/h4,6,8,10-12H,3,5,7,9H2,1-2H3. The summed E-state index contributed by atoms with van der Waals surface area (Å²) in [4.78, 5) is 15.9. The quantitative estimate of drug-likeness (QED) is 0.786. The van der Waals surface area contributed by atoms with E-state index in [0.717, 1.165) is 24.5 Å². The summed E-state index contributed by atoms with van der Waals surface area (Å²) in [5, 5.41) is 11.0. The van der Waals surface area contributed by atoms with Crippen LogP contribution in [0.4, 0.5) is 0 Å². The van der Waals surface area contributed by atoms with Gasteiger partial charge in [0.2, 0.25) is 5.91 Å². The molecule has 0 aliphatic carbocycles. The Morgan fingerprint density at radius 3 is 3.14 bits per heavy atom. The van der Waals surface area contributed by atoms with Crippen molar-refractivity contribution < 1.29 is 4.79 Å². The molecule has 1 saturated heterocycles. The predicted octanol–water partition coefficient (Wildman–Crippen LogP) is 3.38. The SMILES string of the molecule is CC(C)n1cnnc1SCC(=O)N1CCCC1c1cccs1. The highest BCUT2D eigenvalue weighted by Gasteiger charge is 2.30. The third kappa shape index (κ3) is 3.20. The Kier molecular flexibility index (Phi) is 4.83. The van der Waals surface area contributed by atoms with Crippen LogP contribution in [-0.4, -0.2) is 37.9 Å². The normalized spacial score (nSPS) is 18.3. The molecule has 3 rings (SSSR count). The monoisotopic (exact) mass is 336 g/mol. The van der Waals surface area contributed by atoms with Crippen LogP contribution >= 0.6 is 23.1 Å². The fraction of sp³-hybridized carbons (Fsp3) is 0.533. The lowest BCUT2D eigenvalue weighted by atomic mass is 10.2. The maximum Gasteiger partial charge on any atom is 0.233 e. The van der Waals surface area contributed by atoms with E-state index in [4.69, 9.17) is 0 Å². The zero-order valence-electron chi connectivity index (χ0n) is 12.8. The first kappa shape index (κ1) is 15.6. The topological polar surface area (TPSA) is 51.0 Å². The highest BCUT2D eigenvalue weighted by Crippen LogP contribution is 2.35. The van der Waals surface area contributed by atoms with Gasteiger partial charge >= 0.3 is 0 Å². The Hall–Kier alpha value is -1.34. The molecule has 0 radical (unpaired) electrons. The van der Waals surface area contributed by atoms with Gasteiger partial charge in [0.15, 0.2) is 5.16 Å². The highest BCUT2D eigenvalue weighted by molar-refractivity contribution is 7.99. The zero-order valence-corrected chi connectivity index (χ0v) is 14.4. The number of thioether (sulfide) groups is 1. The second-order valence-electron chi connectivity index (χ2n) is 5.66. The van der Waals surface area contributed by atoms with Gasteiger partial charge in [0.25, 0.3) is 0 Å². The minimum atomic E-state index is 0.194. The molecule has 1 amide bonds. The van der Waals surface area contributed by atoms with Crippen LogP contribution in [0.3, 0.4) is 0 Å². The Bertz CT molecular complexity index is 623. The van der Waals surface area contributed by atoms with Crippen molar-refractivity contribution in [3.8, 4) is 0 Å². The first-order valence-corrected chi connectivity index (χ1v) is 9.38. The van der Waals surface area contributed by atoms with Crippen molar-refractivity contribution in [2.75, 3.05) is 12.3 Å². The second kappa shape index (κ2) is 6.83. The van der Waals surface area contributed by atoms with E-state index in [1.807, 2.05) is 9.47 Å². The van der Waals surface area contributed by atoms with Gasteiger partial charge in [0.1, 0.15) is 6.33 Å². The van der Waals surface area contributed by atoms with Gasteiger partial charge in [-0.2, -0.15) is 0 Å². The maximum absolute atomic E-state index is 12.6.